The van der Waals surface area contributed by atoms with Crippen LogP contribution in [0.4, 0.5) is 4.39 Å². The maximum Gasteiger partial charge on any atom is 0.138 e. The largest absolute Gasteiger partial charge is 0.324 e. The second kappa shape index (κ2) is 7.27. The van der Waals surface area contributed by atoms with Crippen molar-refractivity contribution in [3.63, 3.8) is 0 Å². The third kappa shape index (κ3) is 3.70. The zero-order chi connectivity index (χ0) is 15.6. The van der Waals surface area contributed by atoms with Crippen LogP contribution in [-0.4, -0.2) is 9.55 Å². The molecule has 2 unspecified atom stereocenters. The van der Waals surface area contributed by atoms with E-state index in [1.165, 1.54) is 19.3 Å². The number of rotatable bonds is 6. The van der Waals surface area contributed by atoms with E-state index in [0.717, 1.165) is 23.3 Å². The zero-order valence-electron chi connectivity index (χ0n) is 12.7. The Kier molecular flexibility index (Phi) is 5.88. The summed E-state index contributed by atoms with van der Waals surface area (Å²) in [6, 6.07) is 3.66. The Hall–Kier alpha value is -0.360. The number of imidazole rings is 1. The predicted octanol–water partition coefficient (Wildman–Crippen LogP) is 6.22. The molecule has 2 aromatic rings. The minimum Gasteiger partial charge on any atom is -0.324 e. The summed E-state index contributed by atoms with van der Waals surface area (Å²) < 4.78 is 16.6. The van der Waals surface area contributed by atoms with E-state index < -0.39 is 0 Å². The quantitative estimate of drug-likeness (QED) is 0.307. The van der Waals surface area contributed by atoms with Crippen LogP contribution in [-0.2, 0) is 0 Å². The molecule has 0 radical (unpaired) electrons. The van der Waals surface area contributed by atoms with Gasteiger partial charge in [0.2, 0.25) is 0 Å². The molecule has 0 spiro atoms. The summed E-state index contributed by atoms with van der Waals surface area (Å²) in [7, 11) is 0. The SMILES string of the molecule is CCCCCC(C)n1c(C(C)Cl)nc2cc(I)c(F)cc21. The first-order chi connectivity index (χ1) is 9.95. The number of benzene rings is 1. The summed E-state index contributed by atoms with van der Waals surface area (Å²) in [5, 5.41) is -0.188. The van der Waals surface area contributed by atoms with Crippen molar-refractivity contribution in [1.29, 1.82) is 0 Å². The maximum atomic E-state index is 13.9. The van der Waals surface area contributed by atoms with Gasteiger partial charge in [-0.2, -0.15) is 0 Å². The van der Waals surface area contributed by atoms with Crippen LogP contribution in [0.1, 0.15) is 63.7 Å². The van der Waals surface area contributed by atoms with E-state index in [1.54, 1.807) is 12.1 Å². The second-order valence-corrected chi connectivity index (χ2v) is 7.37. The van der Waals surface area contributed by atoms with Crippen LogP contribution >= 0.6 is 34.2 Å². The fourth-order valence-corrected chi connectivity index (χ4v) is 3.28. The molecular weight excluding hydrogens is 402 g/mol. The molecule has 0 aliphatic carbocycles. The predicted molar refractivity (Wildman–Crippen MR) is 95.5 cm³/mol. The van der Waals surface area contributed by atoms with Gasteiger partial charge in [0, 0.05) is 12.1 Å². The molecule has 116 valence electrons. The Labute approximate surface area is 144 Å². The van der Waals surface area contributed by atoms with E-state index in [-0.39, 0.29) is 17.2 Å². The van der Waals surface area contributed by atoms with E-state index in [1.807, 2.05) is 29.5 Å². The molecule has 0 bridgehead atoms. The van der Waals surface area contributed by atoms with Gasteiger partial charge >= 0.3 is 0 Å². The van der Waals surface area contributed by atoms with Gasteiger partial charge in [0.25, 0.3) is 0 Å². The van der Waals surface area contributed by atoms with Crippen LogP contribution < -0.4 is 0 Å². The highest BCUT2D eigenvalue weighted by Crippen LogP contribution is 2.31. The summed E-state index contributed by atoms with van der Waals surface area (Å²) in [5.41, 5.74) is 1.67. The van der Waals surface area contributed by atoms with Crippen molar-refractivity contribution in [2.24, 2.45) is 0 Å². The average molecular weight is 423 g/mol. The first-order valence-electron chi connectivity index (χ1n) is 7.46. The number of fused-ring (bicyclic) bond motifs is 1. The normalized spacial score (nSPS) is 14.6. The lowest BCUT2D eigenvalue weighted by Gasteiger charge is -2.18. The summed E-state index contributed by atoms with van der Waals surface area (Å²) in [6.07, 6.45) is 4.64. The molecule has 0 aliphatic heterocycles. The molecule has 5 heteroatoms. The molecule has 0 fully saturated rings. The van der Waals surface area contributed by atoms with Crippen molar-refractivity contribution in [3.8, 4) is 0 Å². The Bertz CT molecular complexity index is 624. The first kappa shape index (κ1) is 17.0. The summed E-state index contributed by atoms with van der Waals surface area (Å²) in [4.78, 5) is 4.62. The lowest BCUT2D eigenvalue weighted by Crippen LogP contribution is -2.10. The van der Waals surface area contributed by atoms with E-state index in [4.69, 9.17) is 11.6 Å². The molecule has 0 saturated carbocycles. The number of alkyl halides is 1. The van der Waals surface area contributed by atoms with Crippen molar-refractivity contribution in [3.05, 3.63) is 27.3 Å². The van der Waals surface area contributed by atoms with E-state index in [2.05, 4.69) is 23.4 Å². The smallest absolute Gasteiger partial charge is 0.138 e. The maximum absolute atomic E-state index is 13.9. The van der Waals surface area contributed by atoms with Gasteiger partial charge in [-0.05, 0) is 48.9 Å². The molecule has 1 aromatic carbocycles. The van der Waals surface area contributed by atoms with E-state index in [9.17, 15) is 4.39 Å². The fraction of sp³-hybridized carbons (Fsp3) is 0.562. The molecule has 21 heavy (non-hydrogen) atoms. The Morgan fingerprint density at radius 1 is 1.33 bits per heavy atom. The monoisotopic (exact) mass is 422 g/mol. The molecule has 1 aromatic heterocycles. The Balaban J connectivity index is 2.47. The van der Waals surface area contributed by atoms with E-state index >= 15 is 0 Å². The van der Waals surface area contributed by atoms with Gasteiger partial charge < -0.3 is 4.57 Å². The number of hydrogen-bond donors (Lipinski definition) is 0. The van der Waals surface area contributed by atoms with Crippen LogP contribution in [0.2, 0.25) is 0 Å². The van der Waals surface area contributed by atoms with Gasteiger partial charge in [-0.15, -0.1) is 11.6 Å². The molecule has 1 heterocycles. The lowest BCUT2D eigenvalue weighted by atomic mass is 10.1. The number of aromatic nitrogens is 2. The molecular formula is C16H21ClFIN2. The highest BCUT2D eigenvalue weighted by atomic mass is 127. The topological polar surface area (TPSA) is 17.8 Å². The van der Waals surface area contributed by atoms with Gasteiger partial charge in [-0.25, -0.2) is 9.37 Å². The van der Waals surface area contributed by atoms with Crippen molar-refractivity contribution in [1.82, 2.24) is 9.55 Å². The Morgan fingerprint density at radius 2 is 2.05 bits per heavy atom. The third-order valence-corrected chi connectivity index (χ3v) is 4.80. The highest BCUT2D eigenvalue weighted by molar-refractivity contribution is 14.1. The van der Waals surface area contributed by atoms with Gasteiger partial charge in [-0.3, -0.25) is 0 Å². The van der Waals surface area contributed by atoms with Crippen LogP contribution in [0.15, 0.2) is 12.1 Å². The highest BCUT2D eigenvalue weighted by Gasteiger charge is 2.20. The summed E-state index contributed by atoms with van der Waals surface area (Å²) in [5.74, 6) is 0.635. The number of hydrogen-bond acceptors (Lipinski definition) is 1. The lowest BCUT2D eigenvalue weighted by molar-refractivity contribution is 0.472. The van der Waals surface area contributed by atoms with Crippen molar-refractivity contribution >= 4 is 45.2 Å². The molecule has 0 amide bonds. The van der Waals surface area contributed by atoms with Crippen molar-refractivity contribution in [2.75, 3.05) is 0 Å². The van der Waals surface area contributed by atoms with Gasteiger partial charge in [0.1, 0.15) is 11.6 Å². The molecule has 2 atom stereocenters. The standard InChI is InChI=1S/C16H21ClFIN2/c1-4-5-6-7-10(2)21-15-8-12(18)13(19)9-14(15)20-16(21)11(3)17/h8-11H,4-7H2,1-3H3. The van der Waals surface area contributed by atoms with E-state index in [0.29, 0.717) is 3.57 Å². The molecule has 0 N–H and O–H groups in total. The first-order valence-corrected chi connectivity index (χ1v) is 8.98. The number of unbranched alkanes of at least 4 members (excludes halogenated alkanes) is 2. The minimum atomic E-state index is -0.196. The van der Waals surface area contributed by atoms with Gasteiger partial charge in [-0.1, -0.05) is 26.2 Å². The van der Waals surface area contributed by atoms with Gasteiger partial charge in [0.15, 0.2) is 0 Å². The molecule has 0 saturated heterocycles. The molecule has 2 rings (SSSR count). The minimum absolute atomic E-state index is 0.188. The number of nitrogens with zero attached hydrogens (tertiary/aromatic N) is 2. The van der Waals surface area contributed by atoms with Crippen LogP contribution in [0.5, 0.6) is 0 Å². The average Bonchev–Trinajstić information content (AvgIpc) is 2.78. The van der Waals surface area contributed by atoms with Crippen molar-refractivity contribution in [2.45, 2.75) is 57.9 Å². The van der Waals surface area contributed by atoms with Crippen LogP contribution in [0.3, 0.4) is 0 Å². The number of halogens is 3. The third-order valence-electron chi connectivity index (χ3n) is 3.78. The van der Waals surface area contributed by atoms with Crippen LogP contribution in [0.25, 0.3) is 11.0 Å². The molecule has 2 nitrogen and oxygen atoms in total. The second-order valence-electron chi connectivity index (χ2n) is 5.56. The van der Waals surface area contributed by atoms with Crippen LogP contribution in [0, 0.1) is 9.39 Å². The van der Waals surface area contributed by atoms with Crippen molar-refractivity contribution < 1.29 is 4.39 Å². The fourth-order valence-electron chi connectivity index (χ4n) is 2.67. The summed E-state index contributed by atoms with van der Waals surface area (Å²) >= 11 is 8.28. The Morgan fingerprint density at radius 3 is 2.67 bits per heavy atom. The van der Waals surface area contributed by atoms with Gasteiger partial charge in [0.05, 0.1) is 20.0 Å². The summed E-state index contributed by atoms with van der Waals surface area (Å²) in [6.45, 7) is 6.27. The molecule has 0 aliphatic rings. The zero-order valence-corrected chi connectivity index (χ0v) is 15.6.